The molecule has 56 valence electrons. The Morgan fingerprint density at radius 1 is 1.90 bits per heavy atom. The maximum absolute atomic E-state index is 10.4. The number of carboxylic acid groups (broad SMARTS) is 1. The van der Waals surface area contributed by atoms with E-state index < -0.39 is 5.97 Å². The molecule has 0 aromatic heterocycles. The first-order valence-corrected chi connectivity index (χ1v) is 3.33. The Bertz CT molecular complexity index is 174. The number of hydrogen-bond acceptors (Lipinski definition) is 2. The molecule has 1 rings (SSSR count). The Morgan fingerprint density at radius 2 is 2.60 bits per heavy atom. The standard InChI is InChI=1S/C7H11NO2/c1-5-2-3-6(4-8-5)7(9)10/h2,6,8H,3-4H2,1H3,(H,9,10). The van der Waals surface area contributed by atoms with Gasteiger partial charge in [0.1, 0.15) is 0 Å². The Labute approximate surface area is 59.7 Å². The molecule has 1 atom stereocenters. The quantitative estimate of drug-likeness (QED) is 0.561. The van der Waals surface area contributed by atoms with Crippen LogP contribution in [0.5, 0.6) is 0 Å². The monoisotopic (exact) mass is 141 g/mol. The molecule has 0 radical (unpaired) electrons. The van der Waals surface area contributed by atoms with Crippen LogP contribution in [0.25, 0.3) is 0 Å². The van der Waals surface area contributed by atoms with E-state index in [1.54, 1.807) is 0 Å². The molecule has 1 aliphatic heterocycles. The van der Waals surface area contributed by atoms with Crippen LogP contribution >= 0.6 is 0 Å². The molecular formula is C7H11NO2. The highest BCUT2D eigenvalue weighted by Gasteiger charge is 2.18. The lowest BCUT2D eigenvalue weighted by atomic mass is 10.0. The van der Waals surface area contributed by atoms with Crippen LogP contribution < -0.4 is 5.32 Å². The highest BCUT2D eigenvalue weighted by atomic mass is 16.4. The van der Waals surface area contributed by atoms with E-state index >= 15 is 0 Å². The van der Waals surface area contributed by atoms with Gasteiger partial charge in [-0.1, -0.05) is 6.08 Å². The van der Waals surface area contributed by atoms with Crippen LogP contribution in [0.1, 0.15) is 13.3 Å². The summed E-state index contributed by atoms with van der Waals surface area (Å²) in [7, 11) is 0. The fourth-order valence-corrected chi connectivity index (χ4v) is 0.947. The Morgan fingerprint density at radius 3 is 3.00 bits per heavy atom. The van der Waals surface area contributed by atoms with Crippen LogP contribution in [0, 0.1) is 5.92 Å². The first-order valence-electron chi connectivity index (χ1n) is 3.33. The van der Waals surface area contributed by atoms with E-state index in [4.69, 9.17) is 5.11 Å². The Kier molecular flexibility index (Phi) is 1.94. The van der Waals surface area contributed by atoms with Crippen LogP contribution in [-0.2, 0) is 4.79 Å². The second-order valence-electron chi connectivity index (χ2n) is 2.54. The van der Waals surface area contributed by atoms with Crippen LogP contribution in [0.3, 0.4) is 0 Å². The van der Waals surface area contributed by atoms with E-state index in [1.807, 2.05) is 13.0 Å². The molecule has 0 saturated carbocycles. The molecule has 1 unspecified atom stereocenters. The fourth-order valence-electron chi connectivity index (χ4n) is 0.947. The van der Waals surface area contributed by atoms with Crippen molar-refractivity contribution in [2.75, 3.05) is 6.54 Å². The number of carboxylic acids is 1. The van der Waals surface area contributed by atoms with Crippen molar-refractivity contribution < 1.29 is 9.90 Å². The third-order valence-electron chi connectivity index (χ3n) is 1.69. The Hall–Kier alpha value is -0.990. The summed E-state index contributed by atoms with van der Waals surface area (Å²) in [6, 6.07) is 0. The zero-order valence-corrected chi connectivity index (χ0v) is 5.92. The number of carbonyl (C=O) groups is 1. The maximum Gasteiger partial charge on any atom is 0.308 e. The highest BCUT2D eigenvalue weighted by Crippen LogP contribution is 2.10. The van der Waals surface area contributed by atoms with E-state index in [0.717, 1.165) is 5.70 Å². The topological polar surface area (TPSA) is 49.3 Å². The predicted molar refractivity (Wildman–Crippen MR) is 37.5 cm³/mol. The van der Waals surface area contributed by atoms with E-state index in [-0.39, 0.29) is 5.92 Å². The van der Waals surface area contributed by atoms with Gasteiger partial charge in [-0.2, -0.15) is 0 Å². The second kappa shape index (κ2) is 2.73. The third-order valence-corrected chi connectivity index (χ3v) is 1.69. The number of rotatable bonds is 1. The van der Waals surface area contributed by atoms with Gasteiger partial charge in [0.25, 0.3) is 0 Å². The lowest BCUT2D eigenvalue weighted by Gasteiger charge is -2.17. The van der Waals surface area contributed by atoms with Crippen molar-refractivity contribution in [2.45, 2.75) is 13.3 Å². The second-order valence-corrected chi connectivity index (χ2v) is 2.54. The van der Waals surface area contributed by atoms with Gasteiger partial charge in [-0.15, -0.1) is 0 Å². The van der Waals surface area contributed by atoms with Gasteiger partial charge in [-0.05, 0) is 13.3 Å². The molecule has 0 aliphatic carbocycles. The van der Waals surface area contributed by atoms with Gasteiger partial charge in [-0.3, -0.25) is 4.79 Å². The molecule has 0 spiro atoms. The zero-order valence-electron chi connectivity index (χ0n) is 5.92. The molecule has 10 heavy (non-hydrogen) atoms. The van der Waals surface area contributed by atoms with Crippen LogP contribution in [0.4, 0.5) is 0 Å². The van der Waals surface area contributed by atoms with Crippen molar-refractivity contribution in [1.82, 2.24) is 5.32 Å². The molecular weight excluding hydrogens is 130 g/mol. The minimum Gasteiger partial charge on any atom is -0.481 e. The van der Waals surface area contributed by atoms with E-state index in [1.165, 1.54) is 0 Å². The average molecular weight is 141 g/mol. The molecule has 0 fully saturated rings. The summed E-state index contributed by atoms with van der Waals surface area (Å²) >= 11 is 0. The molecule has 0 bridgehead atoms. The molecule has 1 aliphatic rings. The summed E-state index contributed by atoms with van der Waals surface area (Å²) in [6.45, 7) is 2.51. The summed E-state index contributed by atoms with van der Waals surface area (Å²) in [5.74, 6) is -0.944. The lowest BCUT2D eigenvalue weighted by molar-refractivity contribution is -0.141. The minimum absolute atomic E-state index is 0.233. The smallest absolute Gasteiger partial charge is 0.308 e. The highest BCUT2D eigenvalue weighted by molar-refractivity contribution is 5.70. The molecule has 3 nitrogen and oxygen atoms in total. The van der Waals surface area contributed by atoms with Crippen molar-refractivity contribution in [3.8, 4) is 0 Å². The average Bonchev–Trinajstić information content (AvgIpc) is 1.88. The maximum atomic E-state index is 10.4. The summed E-state index contributed by atoms with van der Waals surface area (Å²) in [5.41, 5.74) is 1.08. The van der Waals surface area contributed by atoms with E-state index in [0.29, 0.717) is 13.0 Å². The number of hydrogen-bond donors (Lipinski definition) is 2. The van der Waals surface area contributed by atoms with Gasteiger partial charge in [0.2, 0.25) is 0 Å². The first kappa shape index (κ1) is 7.12. The molecule has 2 N–H and O–H groups in total. The normalized spacial score (nSPS) is 24.9. The van der Waals surface area contributed by atoms with Crippen LogP contribution in [0.15, 0.2) is 11.8 Å². The summed E-state index contributed by atoms with van der Waals surface area (Å²) in [4.78, 5) is 10.4. The zero-order chi connectivity index (χ0) is 7.56. The molecule has 3 heteroatoms. The minimum atomic E-state index is -0.712. The molecule has 0 aromatic carbocycles. The summed E-state index contributed by atoms with van der Waals surface area (Å²) in [5, 5.41) is 11.5. The van der Waals surface area contributed by atoms with Gasteiger partial charge >= 0.3 is 5.97 Å². The van der Waals surface area contributed by atoms with E-state index in [2.05, 4.69) is 5.32 Å². The lowest BCUT2D eigenvalue weighted by Crippen LogP contribution is -2.30. The molecule has 1 heterocycles. The number of aliphatic carboxylic acids is 1. The van der Waals surface area contributed by atoms with Gasteiger partial charge in [0.05, 0.1) is 5.92 Å². The van der Waals surface area contributed by atoms with Gasteiger partial charge in [-0.25, -0.2) is 0 Å². The summed E-state index contributed by atoms with van der Waals surface area (Å²) < 4.78 is 0. The SMILES string of the molecule is CC1=CCC(C(=O)O)CN1. The van der Waals surface area contributed by atoms with E-state index in [9.17, 15) is 4.79 Å². The molecule has 0 aromatic rings. The van der Waals surface area contributed by atoms with Crippen LogP contribution in [0.2, 0.25) is 0 Å². The van der Waals surface area contributed by atoms with Gasteiger partial charge in [0.15, 0.2) is 0 Å². The number of allylic oxidation sites excluding steroid dienone is 2. The Balaban J connectivity index is 2.50. The van der Waals surface area contributed by atoms with Crippen LogP contribution in [-0.4, -0.2) is 17.6 Å². The molecule has 0 saturated heterocycles. The van der Waals surface area contributed by atoms with Gasteiger partial charge in [0, 0.05) is 12.2 Å². The molecule has 0 amide bonds. The van der Waals surface area contributed by atoms with Crippen molar-refractivity contribution in [1.29, 1.82) is 0 Å². The number of nitrogens with one attached hydrogen (secondary N) is 1. The largest absolute Gasteiger partial charge is 0.481 e. The third kappa shape index (κ3) is 1.50. The van der Waals surface area contributed by atoms with Crippen molar-refractivity contribution in [3.05, 3.63) is 11.8 Å². The fraction of sp³-hybridized carbons (Fsp3) is 0.571. The van der Waals surface area contributed by atoms with Crippen molar-refractivity contribution in [3.63, 3.8) is 0 Å². The predicted octanol–water partition coefficient (Wildman–Crippen LogP) is 0.584. The summed E-state index contributed by atoms with van der Waals surface area (Å²) in [6.07, 6.45) is 2.58. The van der Waals surface area contributed by atoms with Crippen molar-refractivity contribution >= 4 is 5.97 Å². The van der Waals surface area contributed by atoms with Crippen molar-refractivity contribution in [2.24, 2.45) is 5.92 Å². The van der Waals surface area contributed by atoms with Gasteiger partial charge < -0.3 is 10.4 Å². The first-order chi connectivity index (χ1) is 4.70.